The van der Waals surface area contributed by atoms with Crippen molar-refractivity contribution in [3.63, 3.8) is 0 Å². The molecule has 0 bridgehead atoms. The zero-order valence-corrected chi connectivity index (χ0v) is 11.4. The number of carbonyl (C=O) groups is 2. The van der Waals surface area contributed by atoms with Crippen molar-refractivity contribution in [2.24, 2.45) is 5.41 Å². The van der Waals surface area contributed by atoms with Crippen LogP contribution < -0.4 is 5.32 Å². The molecular weight excluding hydrogens is 248 g/mol. The van der Waals surface area contributed by atoms with Crippen molar-refractivity contribution in [2.45, 2.75) is 38.6 Å². The van der Waals surface area contributed by atoms with E-state index >= 15 is 0 Å². The van der Waals surface area contributed by atoms with Crippen LogP contribution in [0, 0.1) is 5.41 Å². The summed E-state index contributed by atoms with van der Waals surface area (Å²) in [6, 6.07) is 0.0123. The van der Waals surface area contributed by atoms with Crippen LogP contribution >= 0.6 is 0 Å². The highest BCUT2D eigenvalue weighted by atomic mass is 16.5. The third-order valence-corrected chi connectivity index (χ3v) is 4.05. The third-order valence-electron chi connectivity index (χ3n) is 4.05. The van der Waals surface area contributed by atoms with Gasteiger partial charge in [-0.3, -0.25) is 4.79 Å². The molecular formula is C13H22N2O4. The van der Waals surface area contributed by atoms with E-state index < -0.39 is 11.4 Å². The summed E-state index contributed by atoms with van der Waals surface area (Å²) in [6.07, 6.45) is 3.03. The average Bonchev–Trinajstić information content (AvgIpc) is 2.40. The number of urea groups is 1. The fraction of sp³-hybridized carbons (Fsp3) is 0.846. The standard InChI is InChI=1S/C13H22N2O4/c1-13(11(16)17)5-2-6-15(9-13)12(18)14-10-3-7-19-8-4-10/h10H,2-9H2,1H3,(H,14,18)(H,16,17). The van der Waals surface area contributed by atoms with Gasteiger partial charge in [-0.25, -0.2) is 4.79 Å². The number of aliphatic carboxylic acids is 1. The lowest BCUT2D eigenvalue weighted by molar-refractivity contribution is -0.150. The Bertz CT molecular complexity index is 355. The van der Waals surface area contributed by atoms with E-state index in [1.54, 1.807) is 11.8 Å². The van der Waals surface area contributed by atoms with Gasteiger partial charge >= 0.3 is 12.0 Å². The van der Waals surface area contributed by atoms with E-state index in [0.29, 0.717) is 26.2 Å². The minimum absolute atomic E-state index is 0.140. The first-order valence-electron chi connectivity index (χ1n) is 6.88. The molecule has 0 saturated carbocycles. The maximum atomic E-state index is 12.2. The van der Waals surface area contributed by atoms with E-state index in [1.165, 1.54) is 0 Å². The minimum atomic E-state index is -0.823. The van der Waals surface area contributed by atoms with Crippen molar-refractivity contribution in [3.8, 4) is 0 Å². The lowest BCUT2D eigenvalue weighted by Crippen LogP contribution is -2.53. The number of nitrogens with one attached hydrogen (secondary N) is 1. The number of hydrogen-bond acceptors (Lipinski definition) is 3. The van der Waals surface area contributed by atoms with E-state index in [2.05, 4.69) is 5.32 Å². The van der Waals surface area contributed by atoms with Gasteiger partial charge in [-0.1, -0.05) is 0 Å². The van der Waals surface area contributed by atoms with Crippen molar-refractivity contribution >= 4 is 12.0 Å². The molecule has 1 unspecified atom stereocenters. The highest BCUT2D eigenvalue weighted by Crippen LogP contribution is 2.29. The summed E-state index contributed by atoms with van der Waals surface area (Å²) in [7, 11) is 0. The second-order valence-electron chi connectivity index (χ2n) is 5.73. The maximum absolute atomic E-state index is 12.2. The first-order chi connectivity index (χ1) is 9.01. The van der Waals surface area contributed by atoms with Gasteiger partial charge in [0.1, 0.15) is 0 Å². The van der Waals surface area contributed by atoms with Crippen molar-refractivity contribution in [1.29, 1.82) is 0 Å². The lowest BCUT2D eigenvalue weighted by Gasteiger charge is -2.38. The summed E-state index contributed by atoms with van der Waals surface area (Å²) < 4.78 is 5.25. The Kier molecular flexibility index (Phi) is 4.29. The molecule has 0 aliphatic carbocycles. The Labute approximate surface area is 113 Å². The van der Waals surface area contributed by atoms with E-state index in [-0.39, 0.29) is 18.6 Å². The first kappa shape index (κ1) is 14.1. The molecule has 2 fully saturated rings. The van der Waals surface area contributed by atoms with E-state index in [4.69, 9.17) is 4.74 Å². The molecule has 2 aliphatic heterocycles. The number of likely N-dealkylation sites (tertiary alicyclic amines) is 1. The monoisotopic (exact) mass is 270 g/mol. The van der Waals surface area contributed by atoms with Gasteiger partial charge in [0.2, 0.25) is 0 Å². The number of ether oxygens (including phenoxy) is 1. The second-order valence-corrected chi connectivity index (χ2v) is 5.73. The Morgan fingerprint density at radius 2 is 2.05 bits per heavy atom. The quantitative estimate of drug-likeness (QED) is 0.786. The number of carboxylic acids is 1. The Balaban J connectivity index is 1.89. The highest BCUT2D eigenvalue weighted by molar-refractivity contribution is 5.78. The largest absolute Gasteiger partial charge is 0.481 e. The summed E-state index contributed by atoms with van der Waals surface area (Å²) >= 11 is 0. The topological polar surface area (TPSA) is 78.9 Å². The molecule has 2 rings (SSSR count). The summed E-state index contributed by atoms with van der Waals surface area (Å²) in [5.74, 6) is -0.823. The second kappa shape index (κ2) is 5.77. The van der Waals surface area contributed by atoms with Crippen LogP contribution in [0.4, 0.5) is 4.79 Å². The highest BCUT2D eigenvalue weighted by Gasteiger charge is 2.39. The first-order valence-corrected chi connectivity index (χ1v) is 6.88. The van der Waals surface area contributed by atoms with Gasteiger partial charge < -0.3 is 20.1 Å². The molecule has 108 valence electrons. The van der Waals surface area contributed by atoms with E-state index in [9.17, 15) is 14.7 Å². The molecule has 2 aliphatic rings. The fourth-order valence-corrected chi connectivity index (χ4v) is 2.70. The van der Waals surface area contributed by atoms with Crippen LogP contribution in [0.5, 0.6) is 0 Å². The lowest BCUT2D eigenvalue weighted by atomic mass is 9.82. The van der Waals surface area contributed by atoms with Crippen LogP contribution in [0.3, 0.4) is 0 Å². The van der Waals surface area contributed by atoms with Gasteiger partial charge in [-0.15, -0.1) is 0 Å². The van der Waals surface area contributed by atoms with Gasteiger partial charge in [0.15, 0.2) is 0 Å². The zero-order valence-electron chi connectivity index (χ0n) is 11.4. The number of piperidine rings is 1. The normalized spacial score (nSPS) is 29.0. The van der Waals surface area contributed by atoms with E-state index in [1.807, 2.05) is 0 Å². The number of hydrogen-bond donors (Lipinski definition) is 2. The summed E-state index contributed by atoms with van der Waals surface area (Å²) in [6.45, 7) is 3.99. The number of carbonyl (C=O) groups excluding carboxylic acids is 1. The number of carboxylic acid groups (broad SMARTS) is 1. The average molecular weight is 270 g/mol. The van der Waals surface area contributed by atoms with Gasteiger partial charge in [0, 0.05) is 32.3 Å². The minimum Gasteiger partial charge on any atom is -0.481 e. The number of amides is 2. The van der Waals surface area contributed by atoms with Gasteiger partial charge in [0.05, 0.1) is 5.41 Å². The molecule has 6 nitrogen and oxygen atoms in total. The third kappa shape index (κ3) is 3.37. The summed E-state index contributed by atoms with van der Waals surface area (Å²) in [5.41, 5.74) is -0.814. The SMILES string of the molecule is CC1(C(=O)O)CCCN(C(=O)NC2CCOCC2)C1. The molecule has 2 amide bonds. The zero-order chi connectivity index (χ0) is 13.9. The molecule has 0 aromatic rings. The van der Waals surface area contributed by atoms with Gasteiger partial charge in [-0.2, -0.15) is 0 Å². The predicted molar refractivity (Wildman–Crippen MR) is 68.9 cm³/mol. The molecule has 1 atom stereocenters. The molecule has 2 N–H and O–H groups in total. The Hall–Kier alpha value is -1.30. The number of rotatable bonds is 2. The van der Waals surface area contributed by atoms with Crippen LogP contribution in [-0.4, -0.2) is 54.4 Å². The molecule has 6 heteroatoms. The van der Waals surface area contributed by atoms with Crippen LogP contribution in [0.2, 0.25) is 0 Å². The van der Waals surface area contributed by atoms with Crippen LogP contribution in [0.25, 0.3) is 0 Å². The molecule has 0 aromatic carbocycles. The van der Waals surface area contributed by atoms with Crippen LogP contribution in [0.15, 0.2) is 0 Å². The molecule has 0 aromatic heterocycles. The Morgan fingerprint density at radius 3 is 2.68 bits per heavy atom. The summed E-state index contributed by atoms with van der Waals surface area (Å²) in [4.78, 5) is 25.0. The summed E-state index contributed by atoms with van der Waals surface area (Å²) in [5, 5.41) is 12.2. The maximum Gasteiger partial charge on any atom is 0.317 e. The Morgan fingerprint density at radius 1 is 1.37 bits per heavy atom. The smallest absolute Gasteiger partial charge is 0.317 e. The van der Waals surface area contributed by atoms with Crippen molar-refractivity contribution in [2.75, 3.05) is 26.3 Å². The van der Waals surface area contributed by atoms with Crippen LogP contribution in [-0.2, 0) is 9.53 Å². The van der Waals surface area contributed by atoms with Crippen molar-refractivity contribution in [1.82, 2.24) is 10.2 Å². The molecule has 2 saturated heterocycles. The molecule has 0 radical (unpaired) electrons. The van der Waals surface area contributed by atoms with Gasteiger partial charge in [0.25, 0.3) is 0 Å². The molecule has 0 spiro atoms. The van der Waals surface area contributed by atoms with Crippen molar-refractivity contribution in [3.05, 3.63) is 0 Å². The molecule has 2 heterocycles. The van der Waals surface area contributed by atoms with Gasteiger partial charge in [-0.05, 0) is 32.6 Å². The van der Waals surface area contributed by atoms with Crippen molar-refractivity contribution < 1.29 is 19.4 Å². The fourth-order valence-electron chi connectivity index (χ4n) is 2.70. The predicted octanol–water partition coefficient (Wildman–Crippen LogP) is 1.06. The number of nitrogens with zero attached hydrogens (tertiary/aromatic N) is 1. The van der Waals surface area contributed by atoms with Crippen LogP contribution in [0.1, 0.15) is 32.6 Å². The van der Waals surface area contributed by atoms with E-state index in [0.717, 1.165) is 19.3 Å². The molecule has 19 heavy (non-hydrogen) atoms.